The number of hydrogen-bond acceptors (Lipinski definition) is 15. The van der Waals surface area contributed by atoms with Gasteiger partial charge >= 0.3 is 11.9 Å². The van der Waals surface area contributed by atoms with Crippen LogP contribution in [-0.4, -0.2) is 104 Å². The molecule has 0 aliphatic carbocycles. The number of carbonyl (C=O) groups is 3. The first-order valence-electron chi connectivity index (χ1n) is 18.0. The lowest BCUT2D eigenvalue weighted by Gasteiger charge is -2.07. The summed E-state index contributed by atoms with van der Waals surface area (Å²) in [5.41, 5.74) is 1.69. The summed E-state index contributed by atoms with van der Waals surface area (Å²) in [4.78, 5) is 30.3. The van der Waals surface area contributed by atoms with Crippen molar-refractivity contribution in [3.8, 4) is 0 Å². The Hall–Kier alpha value is -5.82. The van der Waals surface area contributed by atoms with Crippen LogP contribution in [0.15, 0.2) is 117 Å². The zero-order chi connectivity index (χ0) is 52.0. The van der Waals surface area contributed by atoms with E-state index in [1.165, 1.54) is 48.5 Å². The van der Waals surface area contributed by atoms with Crippen LogP contribution in [0.3, 0.4) is 0 Å². The number of carboxylic acids is 2. The fourth-order valence-corrected chi connectivity index (χ4v) is 8.08. The van der Waals surface area contributed by atoms with Crippen LogP contribution in [0, 0.1) is 34.6 Å². The molecule has 0 amide bonds. The summed E-state index contributed by atoms with van der Waals surface area (Å²) in [6.45, 7) is 8.00. The molecule has 27 heteroatoms. The third kappa shape index (κ3) is 21.1. The molecule has 0 saturated carbocycles. The van der Waals surface area contributed by atoms with E-state index in [1.54, 1.807) is 46.8 Å². The summed E-state index contributed by atoms with van der Waals surface area (Å²) in [6, 6.07) is 21.3. The lowest BCUT2D eigenvalue weighted by atomic mass is 10.1. The molecule has 0 heterocycles. The highest BCUT2D eigenvalue weighted by molar-refractivity contribution is 7.86. The second-order valence-corrected chi connectivity index (χ2v) is 21.0. The van der Waals surface area contributed by atoms with Crippen molar-refractivity contribution in [3.05, 3.63) is 153 Å². The highest BCUT2D eigenvalue weighted by atomic mass is 32.2. The van der Waals surface area contributed by atoms with E-state index in [0.717, 1.165) is 47.0 Å². The molecule has 1 unspecified atom stereocenters. The third-order valence-electron chi connectivity index (χ3n) is 7.90. The van der Waals surface area contributed by atoms with Crippen molar-refractivity contribution in [2.75, 3.05) is 0 Å². The summed E-state index contributed by atoms with van der Waals surface area (Å²) in [6.07, 6.45) is 0.529. The third-order valence-corrected chi connectivity index (χ3v) is 12.1. The first-order chi connectivity index (χ1) is 30.4. The second kappa shape index (κ2) is 24.3. The minimum atomic E-state index is -4.47. The lowest BCUT2D eigenvalue weighted by Crippen LogP contribution is -2.11. The number of hydrogen-bond donors (Lipinski definition) is 9. The van der Waals surface area contributed by atoms with Crippen molar-refractivity contribution in [2.24, 2.45) is 0 Å². The fraction of sp³-hybridized carbons (Fsp3) is 0.175. The molecule has 1 atom stereocenters. The molecule has 0 radical (unpaired) electrons. The Kier molecular flexibility index (Phi) is 21.4. The van der Waals surface area contributed by atoms with Crippen LogP contribution in [0.1, 0.15) is 75.5 Å². The van der Waals surface area contributed by atoms with Crippen molar-refractivity contribution in [1.82, 2.24) is 0 Å². The van der Waals surface area contributed by atoms with Crippen molar-refractivity contribution < 1.29 is 99.7 Å². The predicted octanol–water partition coefficient (Wildman–Crippen LogP) is 4.54. The van der Waals surface area contributed by atoms with Crippen molar-refractivity contribution >= 4 is 68.8 Å². The number of carbonyl (C=O) groups excluding carboxylic acids is 1. The largest absolute Gasteiger partial charge is 0.478 e. The summed E-state index contributed by atoms with van der Waals surface area (Å²) in [5, 5.41) is 35.2. The van der Waals surface area contributed by atoms with Gasteiger partial charge in [-0.2, -0.15) is 42.1 Å². The standard InChI is InChI=1S/C8H8O6S.C8H8O5S.C8H8O4S.C8H10O4S.C8H10O3S/c9-4-5-1-6(8(10)11)3-7(2-5)15(12,13)14;1-5-2-6(8(9)10)4-7(3-5)14(11,12)13;1-6-2-7(5-9)4-8(3-6)13(10,11)12;1-6-3-2-4-7(5-6)8(9)13(10,11)12;1-6-3-7(2)5-8(4-6)12(9,10)11/h1-3,9H,4H2,(H,10,11)(H,12,13,14);2-4H,1H3,(H,9,10)(H,11,12,13);2-5H,1H3,(H,10,11,12);2-5,8-9H,1H3,(H,10,11,12);3-5H,1-2H3,(H,9,10,11). The molecular formula is C40H44O22S5. The normalized spacial score (nSPS) is 11.9. The lowest BCUT2D eigenvalue weighted by molar-refractivity contribution is 0.0685. The fourth-order valence-electron chi connectivity index (χ4n) is 5.12. The number of aldehydes is 1. The number of rotatable bonds is 10. The maximum absolute atomic E-state index is 10.8. The van der Waals surface area contributed by atoms with Gasteiger partial charge in [0.2, 0.25) is 5.44 Å². The van der Waals surface area contributed by atoms with E-state index in [9.17, 15) is 56.5 Å². The molecule has 0 aromatic heterocycles. The Morgan fingerprint density at radius 3 is 1.24 bits per heavy atom. The molecule has 0 saturated heterocycles. The molecule has 67 heavy (non-hydrogen) atoms. The van der Waals surface area contributed by atoms with Gasteiger partial charge in [0.05, 0.1) is 37.3 Å². The number of aliphatic hydroxyl groups is 2. The Morgan fingerprint density at radius 1 is 0.493 bits per heavy atom. The highest BCUT2D eigenvalue weighted by Crippen LogP contribution is 2.20. The van der Waals surface area contributed by atoms with Crippen molar-refractivity contribution in [1.29, 1.82) is 0 Å². The molecule has 366 valence electrons. The summed E-state index contributed by atoms with van der Waals surface area (Å²) in [7, 11) is -21.5. The van der Waals surface area contributed by atoms with Gasteiger partial charge in [0, 0.05) is 5.56 Å². The predicted molar refractivity (Wildman–Crippen MR) is 237 cm³/mol. The Bertz CT molecular complexity index is 3160. The maximum Gasteiger partial charge on any atom is 0.335 e. The highest BCUT2D eigenvalue weighted by Gasteiger charge is 2.21. The molecule has 22 nitrogen and oxygen atoms in total. The average Bonchev–Trinajstić information content (AvgIpc) is 3.19. The first kappa shape index (κ1) is 59.2. The molecule has 5 rings (SSSR count). The van der Waals surface area contributed by atoms with Gasteiger partial charge in [-0.25, -0.2) is 9.59 Å². The van der Waals surface area contributed by atoms with E-state index >= 15 is 0 Å². The van der Waals surface area contributed by atoms with Crippen LogP contribution in [0.4, 0.5) is 0 Å². The van der Waals surface area contributed by atoms with E-state index in [2.05, 4.69) is 0 Å². The number of aliphatic hydroxyl groups excluding tert-OH is 2. The van der Waals surface area contributed by atoms with Crippen LogP contribution in [0.5, 0.6) is 0 Å². The molecular weight excluding hydrogens is 993 g/mol. The minimum Gasteiger partial charge on any atom is -0.478 e. The van der Waals surface area contributed by atoms with Gasteiger partial charge in [0.25, 0.3) is 50.6 Å². The van der Waals surface area contributed by atoms with E-state index in [4.69, 9.17) is 43.2 Å². The monoisotopic (exact) mass is 1040 g/mol. The van der Waals surface area contributed by atoms with E-state index in [1.807, 2.05) is 6.07 Å². The zero-order valence-corrected chi connectivity index (χ0v) is 39.6. The SMILES string of the molecule is Cc1cc(C(=O)O)cc(S(=O)(=O)O)c1.Cc1cc(C)cc(S(=O)(=O)O)c1.Cc1cc(C=O)cc(S(=O)(=O)O)c1.Cc1cccc(C(O)S(=O)(=O)O)c1.O=C(O)c1cc(CO)cc(S(=O)(=O)O)c1. The molecule has 0 aliphatic rings. The quantitative estimate of drug-likeness (QED) is 0.0684. The molecule has 5 aromatic carbocycles. The van der Waals surface area contributed by atoms with Gasteiger partial charge in [-0.1, -0.05) is 35.9 Å². The van der Waals surface area contributed by atoms with Gasteiger partial charge in [-0.05, 0) is 135 Å². The smallest absolute Gasteiger partial charge is 0.335 e. The summed E-state index contributed by atoms with van der Waals surface area (Å²) >= 11 is 0. The van der Waals surface area contributed by atoms with Crippen LogP contribution in [0.25, 0.3) is 0 Å². The Balaban J connectivity index is 0.000000420. The van der Waals surface area contributed by atoms with Crippen molar-refractivity contribution in [3.63, 3.8) is 0 Å². The molecule has 0 fully saturated rings. The van der Waals surface area contributed by atoms with Gasteiger partial charge in [0.1, 0.15) is 6.29 Å². The number of aromatic carboxylic acids is 2. The van der Waals surface area contributed by atoms with Crippen LogP contribution < -0.4 is 0 Å². The molecule has 0 aliphatic heterocycles. The van der Waals surface area contributed by atoms with E-state index in [-0.39, 0.29) is 37.6 Å². The topological polar surface area (TPSA) is 404 Å². The number of benzene rings is 5. The number of aryl methyl sites for hydroxylation is 5. The second-order valence-electron chi connectivity index (χ2n) is 13.9. The molecule has 5 aromatic rings. The molecule has 0 spiro atoms. The minimum absolute atomic E-state index is 0.0417. The van der Waals surface area contributed by atoms with Crippen LogP contribution in [-0.2, 0) is 57.2 Å². The van der Waals surface area contributed by atoms with Gasteiger partial charge in [-0.15, -0.1) is 0 Å². The summed E-state index contributed by atoms with van der Waals surface area (Å²) < 4.78 is 150. The van der Waals surface area contributed by atoms with E-state index < -0.39 is 84.4 Å². The van der Waals surface area contributed by atoms with Gasteiger partial charge in [-0.3, -0.25) is 27.6 Å². The average molecular weight is 1040 g/mol. The summed E-state index contributed by atoms with van der Waals surface area (Å²) in [5.74, 6) is -2.58. The van der Waals surface area contributed by atoms with Crippen LogP contribution >= 0.6 is 0 Å². The molecule has 0 bridgehead atoms. The molecule has 9 N–H and O–H groups in total. The van der Waals surface area contributed by atoms with Gasteiger partial charge in [0.15, 0.2) is 0 Å². The maximum atomic E-state index is 10.8. The number of carboxylic acid groups (broad SMARTS) is 2. The Morgan fingerprint density at radius 2 is 0.866 bits per heavy atom. The van der Waals surface area contributed by atoms with Gasteiger partial charge < -0.3 is 20.4 Å². The van der Waals surface area contributed by atoms with Crippen molar-refractivity contribution in [2.45, 2.75) is 66.2 Å². The van der Waals surface area contributed by atoms with Crippen LogP contribution in [0.2, 0.25) is 0 Å². The zero-order valence-electron chi connectivity index (χ0n) is 35.5. The Labute approximate surface area is 385 Å². The van der Waals surface area contributed by atoms with E-state index in [0.29, 0.717) is 17.4 Å². The first-order valence-corrected chi connectivity index (χ1v) is 25.2.